The van der Waals surface area contributed by atoms with Crippen molar-refractivity contribution in [2.24, 2.45) is 5.92 Å². The first-order valence-electron chi connectivity index (χ1n) is 7.29. The van der Waals surface area contributed by atoms with E-state index in [0.29, 0.717) is 18.9 Å². The quantitative estimate of drug-likeness (QED) is 0.782. The molecule has 4 heteroatoms. The van der Waals surface area contributed by atoms with Crippen molar-refractivity contribution in [2.45, 2.75) is 46.3 Å². The highest BCUT2D eigenvalue weighted by Crippen LogP contribution is 2.23. The van der Waals surface area contributed by atoms with Crippen LogP contribution in [0.5, 0.6) is 0 Å². The molecule has 2 unspecified atom stereocenters. The summed E-state index contributed by atoms with van der Waals surface area (Å²) in [6.07, 6.45) is 0.743. The van der Waals surface area contributed by atoms with E-state index in [1.165, 1.54) is 6.07 Å². The fraction of sp³-hybridized carbons (Fsp3) is 0.625. The van der Waals surface area contributed by atoms with Gasteiger partial charge in [-0.2, -0.15) is 0 Å². The first-order chi connectivity index (χ1) is 9.51. The second-order valence-electron chi connectivity index (χ2n) is 5.25. The highest BCUT2D eigenvalue weighted by atomic mass is 35.5. The van der Waals surface area contributed by atoms with Crippen molar-refractivity contribution in [3.8, 4) is 0 Å². The van der Waals surface area contributed by atoms with Crippen LogP contribution in [0, 0.1) is 11.7 Å². The van der Waals surface area contributed by atoms with Crippen molar-refractivity contribution >= 4 is 11.6 Å². The zero-order valence-electron chi connectivity index (χ0n) is 12.7. The molecule has 0 radical (unpaired) electrons. The summed E-state index contributed by atoms with van der Waals surface area (Å²) in [6, 6.07) is 5.08. The Morgan fingerprint density at radius 1 is 1.30 bits per heavy atom. The van der Waals surface area contributed by atoms with Crippen LogP contribution >= 0.6 is 11.6 Å². The minimum Gasteiger partial charge on any atom is -0.377 e. The van der Waals surface area contributed by atoms with Gasteiger partial charge in [0.05, 0.1) is 11.1 Å². The Bertz CT molecular complexity index is 411. The molecule has 1 N–H and O–H groups in total. The number of ether oxygens (including phenoxy) is 1. The van der Waals surface area contributed by atoms with Gasteiger partial charge in [-0.3, -0.25) is 0 Å². The molecule has 0 aliphatic rings. The Hall–Kier alpha value is -0.640. The van der Waals surface area contributed by atoms with Gasteiger partial charge < -0.3 is 10.1 Å². The lowest BCUT2D eigenvalue weighted by Gasteiger charge is -2.31. The van der Waals surface area contributed by atoms with E-state index >= 15 is 0 Å². The standard InChI is InChI=1S/C16H25ClFNO/c1-5-19-14(16(11(3)4)20-6-2)10-12-8-7-9-13(18)15(12)17/h7-9,11,14,16,19H,5-6,10H2,1-4H3. The lowest BCUT2D eigenvalue weighted by molar-refractivity contribution is 0.00395. The Labute approximate surface area is 126 Å². The smallest absolute Gasteiger partial charge is 0.142 e. The highest BCUT2D eigenvalue weighted by Gasteiger charge is 2.25. The molecule has 0 aliphatic carbocycles. The topological polar surface area (TPSA) is 21.3 Å². The summed E-state index contributed by atoms with van der Waals surface area (Å²) in [7, 11) is 0. The van der Waals surface area contributed by atoms with E-state index in [2.05, 4.69) is 26.1 Å². The Morgan fingerprint density at radius 3 is 2.55 bits per heavy atom. The predicted molar refractivity (Wildman–Crippen MR) is 82.8 cm³/mol. The number of benzene rings is 1. The molecule has 0 heterocycles. The zero-order chi connectivity index (χ0) is 15.1. The minimum atomic E-state index is -0.364. The normalized spacial score (nSPS) is 14.6. The zero-order valence-corrected chi connectivity index (χ0v) is 13.5. The van der Waals surface area contributed by atoms with Crippen LogP contribution in [0.1, 0.15) is 33.3 Å². The molecular formula is C16H25ClFNO. The van der Waals surface area contributed by atoms with Crippen LogP contribution in [-0.2, 0) is 11.2 Å². The fourth-order valence-corrected chi connectivity index (χ4v) is 2.68. The molecule has 20 heavy (non-hydrogen) atoms. The fourth-order valence-electron chi connectivity index (χ4n) is 2.48. The monoisotopic (exact) mass is 301 g/mol. The third kappa shape index (κ3) is 4.72. The molecule has 1 aromatic carbocycles. The molecule has 1 rings (SSSR count). The van der Waals surface area contributed by atoms with Gasteiger partial charge in [0.15, 0.2) is 0 Å². The van der Waals surface area contributed by atoms with Gasteiger partial charge in [-0.05, 0) is 37.4 Å². The molecule has 0 spiro atoms. The first-order valence-corrected chi connectivity index (χ1v) is 7.66. The molecule has 1 aromatic rings. The summed E-state index contributed by atoms with van der Waals surface area (Å²) >= 11 is 6.06. The number of likely N-dealkylation sites (N-methyl/N-ethyl adjacent to an activating group) is 1. The summed E-state index contributed by atoms with van der Waals surface area (Å²) in [5.41, 5.74) is 0.822. The van der Waals surface area contributed by atoms with Crippen LogP contribution in [0.25, 0.3) is 0 Å². The van der Waals surface area contributed by atoms with Gasteiger partial charge in [0.1, 0.15) is 5.82 Å². The van der Waals surface area contributed by atoms with Gasteiger partial charge in [0, 0.05) is 12.6 Å². The van der Waals surface area contributed by atoms with E-state index in [1.807, 2.05) is 13.0 Å². The summed E-state index contributed by atoms with van der Waals surface area (Å²) in [5.74, 6) is 0.0169. The average Bonchev–Trinajstić information content (AvgIpc) is 2.40. The maximum absolute atomic E-state index is 13.5. The lowest BCUT2D eigenvalue weighted by Crippen LogP contribution is -2.45. The van der Waals surface area contributed by atoms with Gasteiger partial charge in [-0.15, -0.1) is 0 Å². The van der Waals surface area contributed by atoms with Crippen molar-refractivity contribution in [3.63, 3.8) is 0 Å². The molecule has 2 nitrogen and oxygen atoms in total. The van der Waals surface area contributed by atoms with Gasteiger partial charge in [-0.1, -0.05) is 44.5 Å². The molecule has 0 aliphatic heterocycles. The van der Waals surface area contributed by atoms with Crippen molar-refractivity contribution in [3.05, 3.63) is 34.6 Å². The van der Waals surface area contributed by atoms with Gasteiger partial charge in [0.25, 0.3) is 0 Å². The van der Waals surface area contributed by atoms with Gasteiger partial charge in [0.2, 0.25) is 0 Å². The second-order valence-corrected chi connectivity index (χ2v) is 5.62. The molecule has 0 amide bonds. The third-order valence-electron chi connectivity index (χ3n) is 3.35. The Balaban J connectivity index is 2.92. The average molecular weight is 302 g/mol. The number of rotatable bonds is 8. The van der Waals surface area contributed by atoms with E-state index in [-0.39, 0.29) is 23.0 Å². The van der Waals surface area contributed by atoms with Gasteiger partial charge >= 0.3 is 0 Å². The maximum atomic E-state index is 13.5. The number of hydrogen-bond acceptors (Lipinski definition) is 2. The molecule has 2 atom stereocenters. The van der Waals surface area contributed by atoms with Crippen LogP contribution in [0.2, 0.25) is 5.02 Å². The Morgan fingerprint density at radius 2 is 2.00 bits per heavy atom. The molecule has 0 bridgehead atoms. The van der Waals surface area contributed by atoms with Crippen LogP contribution in [0.3, 0.4) is 0 Å². The molecule has 0 saturated heterocycles. The molecule has 0 aromatic heterocycles. The largest absolute Gasteiger partial charge is 0.377 e. The first kappa shape index (κ1) is 17.4. The van der Waals surface area contributed by atoms with E-state index < -0.39 is 0 Å². The Kier molecular flexibility index (Phi) is 7.49. The van der Waals surface area contributed by atoms with Crippen LogP contribution < -0.4 is 5.32 Å². The van der Waals surface area contributed by atoms with Gasteiger partial charge in [-0.25, -0.2) is 4.39 Å². The summed E-state index contributed by atoms with van der Waals surface area (Å²) in [6.45, 7) is 9.84. The number of hydrogen-bond donors (Lipinski definition) is 1. The van der Waals surface area contributed by atoms with E-state index in [4.69, 9.17) is 16.3 Å². The lowest BCUT2D eigenvalue weighted by atomic mass is 9.93. The minimum absolute atomic E-state index is 0.0827. The van der Waals surface area contributed by atoms with Crippen molar-refractivity contribution in [1.82, 2.24) is 5.32 Å². The van der Waals surface area contributed by atoms with E-state index in [9.17, 15) is 4.39 Å². The predicted octanol–water partition coefficient (Wildman–Crippen LogP) is 4.06. The maximum Gasteiger partial charge on any atom is 0.142 e. The number of nitrogens with one attached hydrogen (secondary N) is 1. The molecular weight excluding hydrogens is 277 g/mol. The third-order valence-corrected chi connectivity index (χ3v) is 3.77. The SMILES string of the molecule is CCNC(Cc1cccc(F)c1Cl)C(OCC)C(C)C. The van der Waals surface area contributed by atoms with Crippen molar-refractivity contribution in [1.29, 1.82) is 0 Å². The highest BCUT2D eigenvalue weighted by molar-refractivity contribution is 6.31. The van der Waals surface area contributed by atoms with E-state index in [1.54, 1.807) is 6.07 Å². The van der Waals surface area contributed by atoms with Crippen LogP contribution in [-0.4, -0.2) is 25.3 Å². The summed E-state index contributed by atoms with van der Waals surface area (Å²) in [5, 5.41) is 3.65. The summed E-state index contributed by atoms with van der Waals surface area (Å²) in [4.78, 5) is 0. The van der Waals surface area contributed by atoms with Crippen molar-refractivity contribution < 1.29 is 9.13 Å². The van der Waals surface area contributed by atoms with Crippen LogP contribution in [0.15, 0.2) is 18.2 Å². The summed E-state index contributed by atoms with van der Waals surface area (Å²) < 4.78 is 19.4. The van der Waals surface area contributed by atoms with Crippen LogP contribution in [0.4, 0.5) is 4.39 Å². The number of halogens is 2. The van der Waals surface area contributed by atoms with Crippen molar-refractivity contribution in [2.75, 3.05) is 13.2 Å². The molecule has 114 valence electrons. The van der Waals surface area contributed by atoms with E-state index in [0.717, 1.165) is 12.1 Å². The molecule has 0 fully saturated rings. The molecule has 0 saturated carbocycles. The second kappa shape index (κ2) is 8.60.